The number of sulfone groups is 1. The summed E-state index contributed by atoms with van der Waals surface area (Å²) < 4.78 is 33.3. The molecule has 0 unspecified atom stereocenters. The largest absolute Gasteiger partial charge is 0.495 e. The monoisotopic (exact) mass is 432 g/mol. The number of methoxy groups -OCH3 is 1. The molecule has 0 atom stereocenters. The third-order valence-corrected chi connectivity index (χ3v) is 7.51. The molecule has 1 heterocycles. The normalized spacial score (nSPS) is 12.4. The number of rotatable bonds is 7. The molecule has 0 radical (unpaired) electrons. The summed E-state index contributed by atoms with van der Waals surface area (Å²) in [5, 5.41) is 0. The second-order valence-corrected chi connectivity index (χ2v) is 9.77. The Morgan fingerprint density at radius 2 is 1.90 bits per heavy atom. The highest BCUT2D eigenvalue weighted by molar-refractivity contribution is 7.91. The van der Waals surface area contributed by atoms with Crippen LogP contribution in [0.25, 0.3) is 10.2 Å². The van der Waals surface area contributed by atoms with Crippen molar-refractivity contribution in [3.63, 3.8) is 0 Å². The van der Waals surface area contributed by atoms with Crippen molar-refractivity contribution in [3.8, 4) is 5.75 Å². The molecule has 3 aromatic rings. The van der Waals surface area contributed by atoms with Gasteiger partial charge in [-0.25, -0.2) is 8.42 Å². The lowest BCUT2D eigenvalue weighted by Crippen LogP contribution is -2.18. The molecule has 0 aliphatic heterocycles. The molecule has 0 spiro atoms. The van der Waals surface area contributed by atoms with Gasteiger partial charge in [0.25, 0.3) is 0 Å². The van der Waals surface area contributed by atoms with Gasteiger partial charge >= 0.3 is 0 Å². The quantitative estimate of drug-likeness (QED) is 0.570. The standard InChI is InChI=1S/C21H24N2O4S2/c1-4-13-23-19-17(27-3)11-10-15(2)20(19)28-21(23)22-18(24)12-14-29(25,26)16-8-6-5-7-9-16/h5-11H,4,12-14H2,1-3H3. The third kappa shape index (κ3) is 4.59. The van der Waals surface area contributed by atoms with Gasteiger partial charge in [-0.05, 0) is 37.1 Å². The fourth-order valence-corrected chi connectivity index (χ4v) is 5.50. The van der Waals surface area contributed by atoms with E-state index in [1.165, 1.54) is 23.5 Å². The number of nitrogens with zero attached hydrogens (tertiary/aromatic N) is 2. The average Bonchev–Trinajstić information content (AvgIpc) is 3.07. The van der Waals surface area contributed by atoms with Crippen molar-refractivity contribution in [3.05, 3.63) is 52.8 Å². The first kappa shape index (κ1) is 21.3. The smallest absolute Gasteiger partial charge is 0.249 e. The number of carbonyl (C=O) groups is 1. The Labute approximate surface area is 174 Å². The first-order valence-corrected chi connectivity index (χ1v) is 11.9. The zero-order valence-corrected chi connectivity index (χ0v) is 18.3. The molecule has 0 N–H and O–H groups in total. The summed E-state index contributed by atoms with van der Waals surface area (Å²) in [6.45, 7) is 4.75. The van der Waals surface area contributed by atoms with Crippen molar-refractivity contribution in [1.29, 1.82) is 0 Å². The number of carbonyl (C=O) groups excluding carboxylic acids is 1. The van der Waals surface area contributed by atoms with Gasteiger partial charge in [0.05, 0.1) is 22.5 Å². The second kappa shape index (κ2) is 8.92. The third-order valence-electron chi connectivity index (χ3n) is 4.56. The van der Waals surface area contributed by atoms with Crippen LogP contribution in [0, 0.1) is 6.92 Å². The fourth-order valence-electron chi connectivity index (χ4n) is 3.09. The molecular weight excluding hydrogens is 408 g/mol. The van der Waals surface area contributed by atoms with E-state index in [9.17, 15) is 13.2 Å². The van der Waals surface area contributed by atoms with E-state index < -0.39 is 15.7 Å². The number of amides is 1. The van der Waals surface area contributed by atoms with Gasteiger partial charge in [-0.1, -0.05) is 42.5 Å². The van der Waals surface area contributed by atoms with Gasteiger partial charge in [-0.2, -0.15) is 4.99 Å². The van der Waals surface area contributed by atoms with Crippen LogP contribution in [0.5, 0.6) is 5.75 Å². The minimum atomic E-state index is -3.51. The van der Waals surface area contributed by atoms with E-state index in [0.717, 1.165) is 28.0 Å². The summed E-state index contributed by atoms with van der Waals surface area (Å²) in [4.78, 5) is 17.5. The van der Waals surface area contributed by atoms with E-state index in [0.29, 0.717) is 11.3 Å². The fraction of sp³-hybridized carbons (Fsp3) is 0.333. The Hall–Kier alpha value is -2.45. The molecular formula is C21H24N2O4S2. The number of ether oxygens (including phenoxy) is 1. The molecule has 0 bridgehead atoms. The Morgan fingerprint density at radius 1 is 1.17 bits per heavy atom. The molecule has 2 aromatic carbocycles. The Balaban J connectivity index is 1.94. The maximum absolute atomic E-state index is 12.5. The van der Waals surface area contributed by atoms with E-state index in [-0.39, 0.29) is 17.1 Å². The van der Waals surface area contributed by atoms with Crippen molar-refractivity contribution in [2.75, 3.05) is 12.9 Å². The van der Waals surface area contributed by atoms with Gasteiger partial charge in [0.15, 0.2) is 14.6 Å². The van der Waals surface area contributed by atoms with Crippen LogP contribution in [-0.2, 0) is 21.2 Å². The topological polar surface area (TPSA) is 77.7 Å². The minimum Gasteiger partial charge on any atom is -0.495 e. The van der Waals surface area contributed by atoms with Gasteiger partial charge in [-0.15, -0.1) is 0 Å². The molecule has 6 nitrogen and oxygen atoms in total. The van der Waals surface area contributed by atoms with Crippen molar-refractivity contribution >= 4 is 37.3 Å². The summed E-state index contributed by atoms with van der Waals surface area (Å²) in [5.41, 5.74) is 2.00. The predicted molar refractivity (Wildman–Crippen MR) is 115 cm³/mol. The number of hydrogen-bond acceptors (Lipinski definition) is 5. The van der Waals surface area contributed by atoms with Crippen molar-refractivity contribution in [1.82, 2.24) is 4.57 Å². The highest BCUT2D eigenvalue weighted by Gasteiger charge is 2.17. The van der Waals surface area contributed by atoms with Crippen molar-refractivity contribution in [2.45, 2.75) is 38.1 Å². The molecule has 154 valence electrons. The SMILES string of the molecule is CCCn1c(=NC(=O)CCS(=O)(=O)c2ccccc2)sc2c(C)ccc(OC)c21. The molecule has 29 heavy (non-hydrogen) atoms. The molecule has 1 aromatic heterocycles. The first-order valence-electron chi connectivity index (χ1n) is 9.39. The van der Waals surface area contributed by atoms with Crippen LogP contribution in [0.15, 0.2) is 52.4 Å². The maximum atomic E-state index is 12.5. The van der Waals surface area contributed by atoms with Gasteiger partial charge in [-0.3, -0.25) is 4.79 Å². The maximum Gasteiger partial charge on any atom is 0.249 e. The second-order valence-electron chi connectivity index (χ2n) is 6.69. The van der Waals surface area contributed by atoms with E-state index in [1.807, 2.05) is 23.6 Å². The van der Waals surface area contributed by atoms with Gasteiger partial charge in [0, 0.05) is 13.0 Å². The van der Waals surface area contributed by atoms with Gasteiger partial charge in [0.1, 0.15) is 11.3 Å². The highest BCUT2D eigenvalue weighted by Crippen LogP contribution is 2.30. The molecule has 0 saturated heterocycles. The number of benzene rings is 2. The number of fused-ring (bicyclic) bond motifs is 1. The van der Waals surface area contributed by atoms with Crippen LogP contribution in [0.2, 0.25) is 0 Å². The van der Waals surface area contributed by atoms with Crippen LogP contribution in [0.4, 0.5) is 0 Å². The predicted octanol–water partition coefficient (Wildman–Crippen LogP) is 3.72. The summed E-state index contributed by atoms with van der Waals surface area (Å²) in [6, 6.07) is 12.0. The summed E-state index contributed by atoms with van der Waals surface area (Å²) in [5.74, 6) is 0.0220. The number of thiazole rings is 1. The van der Waals surface area contributed by atoms with E-state index in [4.69, 9.17) is 4.74 Å². The molecule has 0 aliphatic carbocycles. The van der Waals surface area contributed by atoms with Crippen LogP contribution in [0.3, 0.4) is 0 Å². The van der Waals surface area contributed by atoms with Crippen LogP contribution >= 0.6 is 11.3 Å². The zero-order valence-electron chi connectivity index (χ0n) is 16.7. The summed E-state index contributed by atoms with van der Waals surface area (Å²) in [6.07, 6.45) is 0.709. The lowest BCUT2D eigenvalue weighted by molar-refractivity contribution is -0.117. The lowest BCUT2D eigenvalue weighted by atomic mass is 10.2. The Morgan fingerprint density at radius 3 is 2.55 bits per heavy atom. The number of aryl methyl sites for hydroxylation is 2. The van der Waals surface area contributed by atoms with Gasteiger partial charge < -0.3 is 9.30 Å². The molecule has 0 saturated carbocycles. The van der Waals surface area contributed by atoms with Crippen molar-refractivity contribution < 1.29 is 17.9 Å². The summed E-state index contributed by atoms with van der Waals surface area (Å²) >= 11 is 1.42. The molecule has 0 aliphatic rings. The Kier molecular flexibility index (Phi) is 6.54. The molecule has 8 heteroatoms. The molecule has 1 amide bonds. The number of hydrogen-bond donors (Lipinski definition) is 0. The zero-order chi connectivity index (χ0) is 21.0. The average molecular weight is 433 g/mol. The summed E-state index contributed by atoms with van der Waals surface area (Å²) in [7, 11) is -1.89. The van der Waals surface area contributed by atoms with Crippen LogP contribution in [0.1, 0.15) is 25.3 Å². The van der Waals surface area contributed by atoms with Crippen LogP contribution in [-0.4, -0.2) is 31.8 Å². The lowest BCUT2D eigenvalue weighted by Gasteiger charge is -2.08. The van der Waals surface area contributed by atoms with E-state index >= 15 is 0 Å². The van der Waals surface area contributed by atoms with E-state index in [1.54, 1.807) is 25.3 Å². The van der Waals surface area contributed by atoms with Crippen molar-refractivity contribution in [2.24, 2.45) is 4.99 Å². The minimum absolute atomic E-state index is 0.159. The molecule has 0 fully saturated rings. The Bertz CT molecular complexity index is 1190. The van der Waals surface area contributed by atoms with E-state index in [2.05, 4.69) is 11.9 Å². The first-order chi connectivity index (χ1) is 13.9. The number of aromatic nitrogens is 1. The van der Waals surface area contributed by atoms with Crippen LogP contribution < -0.4 is 9.54 Å². The highest BCUT2D eigenvalue weighted by atomic mass is 32.2. The van der Waals surface area contributed by atoms with Gasteiger partial charge in [0.2, 0.25) is 5.91 Å². The molecule has 3 rings (SSSR count).